The van der Waals surface area contributed by atoms with Gasteiger partial charge >= 0.3 is 12.1 Å². The number of carbonyl (C=O) groups is 1. The van der Waals surface area contributed by atoms with Gasteiger partial charge < -0.3 is 9.84 Å². The molecule has 0 radical (unpaired) electrons. The smallest absolute Gasteiger partial charge is 0.417 e. The lowest BCUT2D eigenvalue weighted by Crippen LogP contribution is -2.13. The Hall–Kier alpha value is -2.57. The number of carboxylic acid groups (broad SMARTS) is 1. The van der Waals surface area contributed by atoms with Crippen LogP contribution in [0.1, 0.15) is 21.5 Å². The van der Waals surface area contributed by atoms with Crippen LogP contribution in [0.4, 0.5) is 17.6 Å². The van der Waals surface area contributed by atoms with Crippen LogP contribution in [0.2, 0.25) is 0 Å². The molecule has 0 atom stereocenters. The third kappa shape index (κ3) is 3.55. The highest BCUT2D eigenvalue weighted by molar-refractivity contribution is 5.89. The van der Waals surface area contributed by atoms with E-state index in [9.17, 15) is 22.4 Å². The van der Waals surface area contributed by atoms with Gasteiger partial charge in [0.1, 0.15) is 6.61 Å². The standard InChI is InChI=1S/C15H10F4O3/c16-12-3-1-2-4-13(12)22-8-9-5-6-11(15(17,18)19)10(7-9)14(20)21/h1-7H,8H2,(H,20,21). The van der Waals surface area contributed by atoms with Crippen LogP contribution in [0.5, 0.6) is 5.75 Å². The minimum absolute atomic E-state index is 0.0701. The monoisotopic (exact) mass is 314 g/mol. The third-order valence-corrected chi connectivity index (χ3v) is 2.85. The van der Waals surface area contributed by atoms with Crippen LogP contribution in [0.15, 0.2) is 42.5 Å². The zero-order chi connectivity index (χ0) is 16.3. The first kappa shape index (κ1) is 15.8. The lowest BCUT2D eigenvalue weighted by atomic mass is 10.0. The molecule has 1 N–H and O–H groups in total. The maximum absolute atomic E-state index is 13.4. The fourth-order valence-electron chi connectivity index (χ4n) is 1.83. The first-order valence-electron chi connectivity index (χ1n) is 6.10. The first-order valence-corrected chi connectivity index (χ1v) is 6.10. The van der Waals surface area contributed by atoms with Crippen LogP contribution < -0.4 is 4.74 Å². The van der Waals surface area contributed by atoms with Crippen LogP contribution in [0.3, 0.4) is 0 Å². The molecular formula is C15H10F4O3. The Bertz CT molecular complexity index is 695. The molecule has 0 bridgehead atoms. The van der Waals surface area contributed by atoms with Crippen molar-refractivity contribution in [3.05, 3.63) is 65.0 Å². The van der Waals surface area contributed by atoms with Crippen LogP contribution >= 0.6 is 0 Å². The minimum atomic E-state index is -4.77. The summed E-state index contributed by atoms with van der Waals surface area (Å²) >= 11 is 0. The van der Waals surface area contributed by atoms with Crippen molar-refractivity contribution in [2.75, 3.05) is 0 Å². The Morgan fingerprint density at radius 3 is 2.41 bits per heavy atom. The predicted octanol–water partition coefficient (Wildman–Crippen LogP) is 4.12. The number of hydrogen-bond donors (Lipinski definition) is 1. The normalized spacial score (nSPS) is 11.3. The number of halogens is 4. The largest absolute Gasteiger partial charge is 0.486 e. The zero-order valence-corrected chi connectivity index (χ0v) is 11.0. The molecule has 0 saturated heterocycles. The Morgan fingerprint density at radius 1 is 1.14 bits per heavy atom. The Morgan fingerprint density at radius 2 is 1.82 bits per heavy atom. The molecule has 3 nitrogen and oxygen atoms in total. The van der Waals surface area contributed by atoms with Crippen molar-refractivity contribution in [2.45, 2.75) is 12.8 Å². The summed E-state index contributed by atoms with van der Waals surface area (Å²) in [4.78, 5) is 10.9. The molecule has 0 aliphatic carbocycles. The van der Waals surface area contributed by atoms with E-state index < -0.39 is 29.1 Å². The van der Waals surface area contributed by atoms with E-state index in [1.807, 2.05) is 0 Å². The molecule has 2 rings (SSSR count). The van der Waals surface area contributed by atoms with E-state index in [0.717, 1.165) is 12.1 Å². The number of aromatic carboxylic acids is 1. The topological polar surface area (TPSA) is 46.5 Å². The Labute approximate surface area is 122 Å². The molecule has 0 heterocycles. The number of benzene rings is 2. The number of para-hydroxylation sites is 1. The number of alkyl halides is 3. The molecule has 0 aromatic heterocycles. The summed E-state index contributed by atoms with van der Waals surface area (Å²) in [6, 6.07) is 8.16. The summed E-state index contributed by atoms with van der Waals surface area (Å²) in [6.07, 6.45) is -4.77. The van der Waals surface area contributed by atoms with Crippen molar-refractivity contribution in [1.29, 1.82) is 0 Å². The van der Waals surface area contributed by atoms with Crippen LogP contribution in [0, 0.1) is 5.82 Å². The van der Waals surface area contributed by atoms with E-state index in [1.165, 1.54) is 24.3 Å². The fraction of sp³-hybridized carbons (Fsp3) is 0.133. The van der Waals surface area contributed by atoms with Crippen molar-refractivity contribution in [3.8, 4) is 5.75 Å². The Balaban J connectivity index is 2.25. The van der Waals surface area contributed by atoms with Crippen molar-refractivity contribution >= 4 is 5.97 Å². The van der Waals surface area contributed by atoms with Crippen molar-refractivity contribution < 1.29 is 32.2 Å². The van der Waals surface area contributed by atoms with Crippen molar-refractivity contribution in [1.82, 2.24) is 0 Å². The number of rotatable bonds is 4. The summed E-state index contributed by atoms with van der Waals surface area (Å²) in [5, 5.41) is 8.88. The van der Waals surface area contributed by atoms with Gasteiger partial charge in [-0.05, 0) is 29.8 Å². The molecule has 0 amide bonds. The van der Waals surface area contributed by atoms with E-state index in [4.69, 9.17) is 9.84 Å². The second-order valence-electron chi connectivity index (χ2n) is 4.40. The quantitative estimate of drug-likeness (QED) is 0.864. The average Bonchev–Trinajstić information content (AvgIpc) is 2.45. The number of ether oxygens (including phenoxy) is 1. The second-order valence-corrected chi connectivity index (χ2v) is 4.40. The maximum Gasteiger partial charge on any atom is 0.417 e. The number of carboxylic acids is 1. The van der Waals surface area contributed by atoms with E-state index in [0.29, 0.717) is 6.07 Å². The summed E-state index contributed by atoms with van der Waals surface area (Å²) in [5.41, 5.74) is -1.93. The van der Waals surface area contributed by atoms with Gasteiger partial charge in [-0.2, -0.15) is 13.2 Å². The average molecular weight is 314 g/mol. The van der Waals surface area contributed by atoms with Crippen LogP contribution in [-0.4, -0.2) is 11.1 Å². The van der Waals surface area contributed by atoms with Crippen LogP contribution in [0.25, 0.3) is 0 Å². The summed E-state index contributed by atoms with van der Waals surface area (Å²) in [6.45, 7) is -0.251. The lowest BCUT2D eigenvalue weighted by Gasteiger charge is -2.12. The molecule has 2 aromatic rings. The van der Waals surface area contributed by atoms with Gasteiger partial charge in [-0.15, -0.1) is 0 Å². The van der Waals surface area contributed by atoms with E-state index >= 15 is 0 Å². The van der Waals surface area contributed by atoms with Gasteiger partial charge in [0, 0.05) is 0 Å². The van der Waals surface area contributed by atoms with Gasteiger partial charge in [0.15, 0.2) is 11.6 Å². The minimum Gasteiger partial charge on any atom is -0.486 e. The first-order chi connectivity index (χ1) is 10.3. The lowest BCUT2D eigenvalue weighted by molar-refractivity contribution is -0.138. The Kier molecular flexibility index (Phi) is 4.35. The molecule has 0 fully saturated rings. The molecule has 7 heteroatoms. The highest BCUT2D eigenvalue weighted by Gasteiger charge is 2.35. The number of hydrogen-bond acceptors (Lipinski definition) is 2. The summed E-state index contributed by atoms with van der Waals surface area (Å²) in [5.74, 6) is -2.38. The summed E-state index contributed by atoms with van der Waals surface area (Å²) < 4.78 is 56.6. The van der Waals surface area contributed by atoms with Gasteiger partial charge in [-0.1, -0.05) is 18.2 Å². The SMILES string of the molecule is O=C(O)c1cc(COc2ccccc2F)ccc1C(F)(F)F. The second kappa shape index (κ2) is 6.05. The molecule has 0 aliphatic rings. The van der Waals surface area contributed by atoms with E-state index in [1.54, 1.807) is 0 Å². The van der Waals surface area contributed by atoms with Gasteiger partial charge in [0.25, 0.3) is 0 Å². The predicted molar refractivity (Wildman–Crippen MR) is 69.1 cm³/mol. The van der Waals surface area contributed by atoms with Gasteiger partial charge in [-0.3, -0.25) is 0 Å². The van der Waals surface area contributed by atoms with E-state index in [-0.39, 0.29) is 17.9 Å². The molecular weight excluding hydrogens is 304 g/mol. The van der Waals surface area contributed by atoms with Crippen molar-refractivity contribution in [3.63, 3.8) is 0 Å². The molecule has 0 saturated carbocycles. The maximum atomic E-state index is 13.4. The van der Waals surface area contributed by atoms with Gasteiger partial charge in [0.2, 0.25) is 0 Å². The molecule has 0 unspecified atom stereocenters. The van der Waals surface area contributed by atoms with Gasteiger partial charge in [-0.25, -0.2) is 9.18 Å². The molecule has 0 spiro atoms. The fourth-order valence-corrected chi connectivity index (χ4v) is 1.83. The highest BCUT2D eigenvalue weighted by Crippen LogP contribution is 2.32. The highest BCUT2D eigenvalue weighted by atomic mass is 19.4. The van der Waals surface area contributed by atoms with Gasteiger partial charge in [0.05, 0.1) is 11.1 Å². The third-order valence-electron chi connectivity index (χ3n) is 2.85. The van der Waals surface area contributed by atoms with Crippen molar-refractivity contribution in [2.24, 2.45) is 0 Å². The van der Waals surface area contributed by atoms with E-state index in [2.05, 4.69) is 0 Å². The molecule has 22 heavy (non-hydrogen) atoms. The zero-order valence-electron chi connectivity index (χ0n) is 11.0. The molecule has 0 aliphatic heterocycles. The molecule has 2 aromatic carbocycles. The summed E-state index contributed by atoms with van der Waals surface area (Å²) in [7, 11) is 0. The van der Waals surface area contributed by atoms with Crippen LogP contribution in [-0.2, 0) is 12.8 Å². The molecule has 116 valence electrons.